The van der Waals surface area contributed by atoms with Crippen LogP contribution >= 0.6 is 0 Å². The van der Waals surface area contributed by atoms with Gasteiger partial charge in [-0.2, -0.15) is 0 Å². The molecule has 1 rings (SSSR count). The average Bonchev–Trinajstić information content (AvgIpc) is 2.10. The Bertz CT molecular complexity index is 300. The Kier molecular flexibility index (Phi) is 2.66. The minimum Gasteiger partial charge on any atom is -0.326 e. The summed E-state index contributed by atoms with van der Waals surface area (Å²) in [5, 5.41) is 0. The van der Waals surface area contributed by atoms with Crippen LogP contribution in [-0.2, 0) is 6.54 Å². The molecule has 0 aliphatic rings. The molecule has 0 fully saturated rings. The predicted molar refractivity (Wildman–Crippen MR) is 53.9 cm³/mol. The number of nitrogens with two attached hydrogens (primary N) is 1. The summed E-state index contributed by atoms with van der Waals surface area (Å²) in [5.41, 5.74) is 10.6. The Morgan fingerprint density at radius 1 is 1.33 bits per heavy atom. The van der Waals surface area contributed by atoms with Gasteiger partial charge in [-0.3, -0.25) is 0 Å². The maximum Gasteiger partial charge on any atom is 0.0180 e. The summed E-state index contributed by atoms with van der Waals surface area (Å²) in [7, 11) is 0. The quantitative estimate of drug-likeness (QED) is 0.708. The third-order valence-corrected chi connectivity index (χ3v) is 2.38. The molecule has 2 N–H and O–H groups in total. The van der Waals surface area contributed by atoms with Crippen molar-refractivity contribution in [3.8, 4) is 0 Å². The third kappa shape index (κ3) is 1.41. The van der Waals surface area contributed by atoms with E-state index in [1.807, 2.05) is 6.08 Å². The fraction of sp³-hybridized carbons (Fsp3) is 0.273. The van der Waals surface area contributed by atoms with Crippen molar-refractivity contribution >= 4 is 6.08 Å². The standard InChI is InChI=1S/C11H15N/c1-4-10-5-6-11(7-12)9(3)8(10)2/h4-6H,1,7,12H2,2-3H3. The van der Waals surface area contributed by atoms with Crippen LogP contribution in [0.15, 0.2) is 18.7 Å². The molecule has 1 heteroatoms. The molecule has 1 aromatic rings. The summed E-state index contributed by atoms with van der Waals surface area (Å²) < 4.78 is 0. The SMILES string of the molecule is C=Cc1ccc(CN)c(C)c1C. The maximum atomic E-state index is 5.59. The van der Waals surface area contributed by atoms with Gasteiger partial charge in [0.25, 0.3) is 0 Å². The smallest absolute Gasteiger partial charge is 0.0180 e. The van der Waals surface area contributed by atoms with Gasteiger partial charge in [-0.05, 0) is 36.1 Å². The first-order chi connectivity index (χ1) is 5.70. The minimum absolute atomic E-state index is 0.615. The molecule has 0 radical (unpaired) electrons. The lowest BCUT2D eigenvalue weighted by molar-refractivity contribution is 1.04. The predicted octanol–water partition coefficient (Wildman–Crippen LogP) is 2.41. The second-order valence-corrected chi connectivity index (χ2v) is 2.97. The molecule has 1 aromatic carbocycles. The molecule has 64 valence electrons. The van der Waals surface area contributed by atoms with Crippen LogP contribution in [0.3, 0.4) is 0 Å². The van der Waals surface area contributed by atoms with Gasteiger partial charge in [0.1, 0.15) is 0 Å². The lowest BCUT2D eigenvalue weighted by atomic mass is 9.98. The van der Waals surface area contributed by atoms with Gasteiger partial charge in [-0.15, -0.1) is 0 Å². The first-order valence-electron chi connectivity index (χ1n) is 4.12. The molecule has 0 heterocycles. The van der Waals surface area contributed by atoms with Gasteiger partial charge in [-0.25, -0.2) is 0 Å². The monoisotopic (exact) mass is 161 g/mol. The lowest BCUT2D eigenvalue weighted by Crippen LogP contribution is -2.01. The van der Waals surface area contributed by atoms with Crippen LogP contribution in [0.25, 0.3) is 6.08 Å². The summed E-state index contributed by atoms with van der Waals surface area (Å²) >= 11 is 0. The van der Waals surface area contributed by atoms with E-state index in [0.29, 0.717) is 6.54 Å². The highest BCUT2D eigenvalue weighted by molar-refractivity contribution is 5.55. The fourth-order valence-corrected chi connectivity index (χ4v) is 1.34. The van der Waals surface area contributed by atoms with Crippen molar-refractivity contribution in [3.05, 3.63) is 41.0 Å². The van der Waals surface area contributed by atoms with Gasteiger partial charge in [0, 0.05) is 6.54 Å². The van der Waals surface area contributed by atoms with Gasteiger partial charge >= 0.3 is 0 Å². The van der Waals surface area contributed by atoms with Crippen molar-refractivity contribution in [2.75, 3.05) is 0 Å². The van der Waals surface area contributed by atoms with Crippen molar-refractivity contribution in [2.24, 2.45) is 5.73 Å². The van der Waals surface area contributed by atoms with Crippen molar-refractivity contribution in [1.82, 2.24) is 0 Å². The van der Waals surface area contributed by atoms with Gasteiger partial charge in [0.2, 0.25) is 0 Å². The van der Waals surface area contributed by atoms with E-state index in [4.69, 9.17) is 5.73 Å². The van der Waals surface area contributed by atoms with E-state index in [1.54, 1.807) is 0 Å². The number of hydrogen-bond acceptors (Lipinski definition) is 1. The average molecular weight is 161 g/mol. The molecule has 0 amide bonds. The normalized spacial score (nSPS) is 9.92. The first-order valence-corrected chi connectivity index (χ1v) is 4.12. The molecule has 0 aromatic heterocycles. The van der Waals surface area contributed by atoms with Gasteiger partial charge in [0.15, 0.2) is 0 Å². The number of rotatable bonds is 2. The lowest BCUT2D eigenvalue weighted by Gasteiger charge is -2.09. The fourth-order valence-electron chi connectivity index (χ4n) is 1.34. The van der Waals surface area contributed by atoms with E-state index < -0.39 is 0 Å². The third-order valence-electron chi connectivity index (χ3n) is 2.38. The van der Waals surface area contributed by atoms with Crippen molar-refractivity contribution in [2.45, 2.75) is 20.4 Å². The molecule has 0 saturated heterocycles. The highest BCUT2D eigenvalue weighted by atomic mass is 14.5. The van der Waals surface area contributed by atoms with E-state index >= 15 is 0 Å². The van der Waals surface area contributed by atoms with Crippen LogP contribution in [0.5, 0.6) is 0 Å². The first kappa shape index (κ1) is 9.01. The molecule has 1 nitrogen and oxygen atoms in total. The Hall–Kier alpha value is -1.08. The molecular formula is C11H15N. The maximum absolute atomic E-state index is 5.59. The van der Waals surface area contributed by atoms with Crippen LogP contribution in [0, 0.1) is 13.8 Å². The zero-order valence-electron chi connectivity index (χ0n) is 7.72. The Morgan fingerprint density at radius 3 is 2.50 bits per heavy atom. The number of benzene rings is 1. The van der Waals surface area contributed by atoms with Crippen LogP contribution < -0.4 is 5.73 Å². The molecule has 0 aliphatic carbocycles. The molecule has 12 heavy (non-hydrogen) atoms. The largest absolute Gasteiger partial charge is 0.326 e. The summed E-state index contributed by atoms with van der Waals surface area (Å²) in [6.45, 7) is 8.58. The van der Waals surface area contributed by atoms with Crippen LogP contribution in [0.1, 0.15) is 22.3 Å². The summed E-state index contributed by atoms with van der Waals surface area (Å²) in [6, 6.07) is 4.14. The van der Waals surface area contributed by atoms with Crippen molar-refractivity contribution in [1.29, 1.82) is 0 Å². The second-order valence-electron chi connectivity index (χ2n) is 2.97. The molecule has 0 spiro atoms. The van der Waals surface area contributed by atoms with Crippen molar-refractivity contribution < 1.29 is 0 Å². The van der Waals surface area contributed by atoms with Gasteiger partial charge < -0.3 is 5.73 Å². The van der Waals surface area contributed by atoms with E-state index in [9.17, 15) is 0 Å². The number of hydrogen-bond donors (Lipinski definition) is 1. The van der Waals surface area contributed by atoms with Crippen molar-refractivity contribution in [3.63, 3.8) is 0 Å². The Morgan fingerprint density at radius 2 is 2.00 bits per heavy atom. The van der Waals surface area contributed by atoms with E-state index in [2.05, 4.69) is 32.6 Å². The molecule has 0 unspecified atom stereocenters. The Balaban J connectivity index is 3.29. The topological polar surface area (TPSA) is 26.0 Å². The van der Waals surface area contributed by atoms with Crippen LogP contribution in [-0.4, -0.2) is 0 Å². The summed E-state index contributed by atoms with van der Waals surface area (Å²) in [6.07, 6.45) is 1.88. The van der Waals surface area contributed by atoms with Crippen LogP contribution in [0.2, 0.25) is 0 Å². The molecular weight excluding hydrogens is 146 g/mol. The molecule has 0 bridgehead atoms. The van der Waals surface area contributed by atoms with E-state index in [0.717, 1.165) is 0 Å². The molecule has 0 aliphatic heterocycles. The minimum atomic E-state index is 0.615. The highest BCUT2D eigenvalue weighted by Crippen LogP contribution is 2.17. The van der Waals surface area contributed by atoms with Gasteiger partial charge in [-0.1, -0.05) is 24.8 Å². The zero-order valence-corrected chi connectivity index (χ0v) is 7.72. The highest BCUT2D eigenvalue weighted by Gasteiger charge is 2.01. The zero-order chi connectivity index (χ0) is 9.14. The van der Waals surface area contributed by atoms with Crippen LogP contribution in [0.4, 0.5) is 0 Å². The van der Waals surface area contributed by atoms with Gasteiger partial charge in [0.05, 0.1) is 0 Å². The van der Waals surface area contributed by atoms with E-state index in [-0.39, 0.29) is 0 Å². The summed E-state index contributed by atoms with van der Waals surface area (Å²) in [4.78, 5) is 0. The van der Waals surface area contributed by atoms with E-state index in [1.165, 1.54) is 22.3 Å². The molecule has 0 saturated carbocycles. The summed E-state index contributed by atoms with van der Waals surface area (Å²) in [5.74, 6) is 0. The Labute approximate surface area is 73.9 Å². The second kappa shape index (κ2) is 3.55. The molecule has 0 atom stereocenters.